The van der Waals surface area contributed by atoms with Crippen molar-refractivity contribution in [1.29, 1.82) is 0 Å². The minimum absolute atomic E-state index is 0.364. The van der Waals surface area contributed by atoms with Crippen molar-refractivity contribution in [1.82, 2.24) is 0 Å². The van der Waals surface area contributed by atoms with Crippen molar-refractivity contribution >= 4 is 11.8 Å². The first kappa shape index (κ1) is 12.6. The molecular weight excluding hydrogens is 256 g/mol. The Morgan fingerprint density at radius 2 is 1.68 bits per heavy atom. The summed E-state index contributed by atoms with van der Waals surface area (Å²) < 4.78 is 11.9. The van der Waals surface area contributed by atoms with Crippen LogP contribution in [-0.4, -0.2) is 19.0 Å². The summed E-state index contributed by atoms with van der Waals surface area (Å²) in [5, 5.41) is 0. The Morgan fingerprint density at radius 3 is 2.32 bits per heavy atom. The maximum Gasteiger partial charge on any atom is 0.173 e. The standard InChI is InChI=1S/C16H16O2S/c1-3-7-14(8-4-1)16(18-11-12-19-16)13-17-15-9-5-2-6-10-15/h1-10H,11-13H2. The zero-order chi connectivity index (χ0) is 13.0. The zero-order valence-corrected chi connectivity index (χ0v) is 11.4. The number of hydrogen-bond acceptors (Lipinski definition) is 3. The Kier molecular flexibility index (Phi) is 3.76. The third-order valence-corrected chi connectivity index (χ3v) is 4.45. The topological polar surface area (TPSA) is 18.5 Å². The van der Waals surface area contributed by atoms with Crippen LogP contribution in [0.2, 0.25) is 0 Å². The van der Waals surface area contributed by atoms with E-state index in [4.69, 9.17) is 9.47 Å². The van der Waals surface area contributed by atoms with E-state index in [-0.39, 0.29) is 4.93 Å². The van der Waals surface area contributed by atoms with Gasteiger partial charge in [0.1, 0.15) is 12.4 Å². The lowest BCUT2D eigenvalue weighted by atomic mass is 10.1. The molecular formula is C16H16O2S. The van der Waals surface area contributed by atoms with Gasteiger partial charge < -0.3 is 9.47 Å². The predicted molar refractivity (Wildman–Crippen MR) is 78.5 cm³/mol. The molecule has 1 heterocycles. The van der Waals surface area contributed by atoms with E-state index in [1.165, 1.54) is 5.56 Å². The minimum Gasteiger partial charge on any atom is -0.489 e. The molecule has 2 aromatic carbocycles. The highest BCUT2D eigenvalue weighted by Crippen LogP contribution is 2.42. The van der Waals surface area contributed by atoms with Crippen LogP contribution in [0.25, 0.3) is 0 Å². The SMILES string of the molecule is c1ccc(OCC2(c3ccccc3)OCCS2)cc1. The van der Waals surface area contributed by atoms with E-state index in [1.54, 1.807) is 0 Å². The van der Waals surface area contributed by atoms with Gasteiger partial charge in [-0.2, -0.15) is 0 Å². The lowest BCUT2D eigenvalue weighted by Crippen LogP contribution is -2.29. The molecule has 0 bridgehead atoms. The Bertz CT molecular complexity index is 507. The van der Waals surface area contributed by atoms with Gasteiger partial charge >= 0.3 is 0 Å². The van der Waals surface area contributed by atoms with E-state index in [0.29, 0.717) is 6.61 Å². The summed E-state index contributed by atoms with van der Waals surface area (Å²) in [4.78, 5) is -0.364. The molecule has 1 saturated heterocycles. The summed E-state index contributed by atoms with van der Waals surface area (Å²) in [6.45, 7) is 1.31. The molecule has 3 rings (SSSR count). The number of ether oxygens (including phenoxy) is 2. The number of thioether (sulfide) groups is 1. The second-order valence-electron chi connectivity index (χ2n) is 4.42. The summed E-state index contributed by atoms with van der Waals surface area (Å²) >= 11 is 1.81. The summed E-state index contributed by atoms with van der Waals surface area (Å²) in [5.41, 5.74) is 1.17. The van der Waals surface area contributed by atoms with Crippen molar-refractivity contribution in [2.45, 2.75) is 4.93 Å². The molecule has 2 aromatic rings. The average molecular weight is 272 g/mol. The van der Waals surface area contributed by atoms with E-state index in [9.17, 15) is 0 Å². The smallest absolute Gasteiger partial charge is 0.173 e. The third kappa shape index (κ3) is 2.77. The van der Waals surface area contributed by atoms with Crippen molar-refractivity contribution < 1.29 is 9.47 Å². The van der Waals surface area contributed by atoms with Gasteiger partial charge in [-0.3, -0.25) is 0 Å². The van der Waals surface area contributed by atoms with Gasteiger partial charge in [0.2, 0.25) is 0 Å². The minimum atomic E-state index is -0.364. The van der Waals surface area contributed by atoms with Crippen LogP contribution in [-0.2, 0) is 9.67 Å². The van der Waals surface area contributed by atoms with Gasteiger partial charge in [0.15, 0.2) is 4.93 Å². The molecule has 0 amide bonds. The van der Waals surface area contributed by atoms with E-state index >= 15 is 0 Å². The molecule has 2 nitrogen and oxygen atoms in total. The fourth-order valence-electron chi connectivity index (χ4n) is 2.18. The van der Waals surface area contributed by atoms with Gasteiger partial charge in [0.25, 0.3) is 0 Å². The quantitative estimate of drug-likeness (QED) is 0.846. The zero-order valence-electron chi connectivity index (χ0n) is 10.6. The molecule has 0 saturated carbocycles. The molecule has 1 aliphatic heterocycles. The second-order valence-corrected chi connectivity index (χ2v) is 5.77. The number of para-hydroxylation sites is 1. The summed E-state index contributed by atoms with van der Waals surface area (Å²) in [5.74, 6) is 1.89. The second kappa shape index (κ2) is 5.68. The maximum absolute atomic E-state index is 5.99. The molecule has 1 aliphatic rings. The van der Waals surface area contributed by atoms with Gasteiger partial charge in [-0.25, -0.2) is 0 Å². The fourth-order valence-corrected chi connectivity index (χ4v) is 3.28. The van der Waals surface area contributed by atoms with E-state index in [0.717, 1.165) is 18.1 Å². The first-order chi connectivity index (χ1) is 9.39. The van der Waals surface area contributed by atoms with Crippen molar-refractivity contribution in [2.24, 2.45) is 0 Å². The summed E-state index contributed by atoms with van der Waals surface area (Å²) in [7, 11) is 0. The normalized spacial score (nSPS) is 22.3. The van der Waals surface area contributed by atoms with Gasteiger partial charge in [0, 0.05) is 5.75 Å². The van der Waals surface area contributed by atoms with Crippen LogP contribution < -0.4 is 4.74 Å². The van der Waals surface area contributed by atoms with Crippen molar-refractivity contribution in [2.75, 3.05) is 19.0 Å². The number of hydrogen-bond donors (Lipinski definition) is 0. The Morgan fingerprint density at radius 1 is 1.00 bits per heavy atom. The first-order valence-corrected chi connectivity index (χ1v) is 7.39. The van der Waals surface area contributed by atoms with Gasteiger partial charge in [-0.05, 0) is 17.7 Å². The highest BCUT2D eigenvalue weighted by atomic mass is 32.2. The van der Waals surface area contributed by atoms with E-state index in [1.807, 2.05) is 60.3 Å². The van der Waals surface area contributed by atoms with Gasteiger partial charge in [0.05, 0.1) is 6.61 Å². The van der Waals surface area contributed by atoms with Crippen LogP contribution >= 0.6 is 11.8 Å². The largest absolute Gasteiger partial charge is 0.489 e. The molecule has 1 atom stereocenters. The summed E-state index contributed by atoms with van der Waals surface area (Å²) in [6, 6.07) is 20.2. The predicted octanol–water partition coefficient (Wildman–Crippen LogP) is 3.68. The Balaban J connectivity index is 1.78. The fraction of sp³-hybridized carbons (Fsp3) is 0.250. The maximum atomic E-state index is 5.99. The number of benzene rings is 2. The van der Waals surface area contributed by atoms with Crippen molar-refractivity contribution in [3.63, 3.8) is 0 Å². The van der Waals surface area contributed by atoms with E-state index in [2.05, 4.69) is 12.1 Å². The molecule has 0 aliphatic carbocycles. The molecule has 0 radical (unpaired) electrons. The molecule has 3 heteroatoms. The molecule has 0 aromatic heterocycles. The lowest BCUT2D eigenvalue weighted by molar-refractivity contribution is 0.0124. The van der Waals surface area contributed by atoms with Crippen molar-refractivity contribution in [3.8, 4) is 5.75 Å². The monoisotopic (exact) mass is 272 g/mol. The van der Waals surface area contributed by atoms with E-state index < -0.39 is 0 Å². The van der Waals surface area contributed by atoms with Crippen LogP contribution in [0.4, 0.5) is 0 Å². The average Bonchev–Trinajstić information content (AvgIpc) is 2.97. The molecule has 98 valence electrons. The highest BCUT2D eigenvalue weighted by Gasteiger charge is 2.38. The van der Waals surface area contributed by atoms with Crippen LogP contribution in [0, 0.1) is 0 Å². The molecule has 0 spiro atoms. The Labute approximate surface area is 117 Å². The van der Waals surface area contributed by atoms with Crippen LogP contribution in [0.5, 0.6) is 5.75 Å². The Hall–Kier alpha value is -1.45. The van der Waals surface area contributed by atoms with Crippen LogP contribution in [0.3, 0.4) is 0 Å². The highest BCUT2D eigenvalue weighted by molar-refractivity contribution is 8.00. The molecule has 19 heavy (non-hydrogen) atoms. The third-order valence-electron chi connectivity index (χ3n) is 3.14. The van der Waals surface area contributed by atoms with Crippen LogP contribution in [0.15, 0.2) is 60.7 Å². The van der Waals surface area contributed by atoms with Crippen LogP contribution in [0.1, 0.15) is 5.56 Å². The molecule has 1 fully saturated rings. The molecule has 1 unspecified atom stereocenters. The van der Waals surface area contributed by atoms with Gasteiger partial charge in [-0.1, -0.05) is 48.5 Å². The van der Waals surface area contributed by atoms with Crippen molar-refractivity contribution in [3.05, 3.63) is 66.2 Å². The first-order valence-electron chi connectivity index (χ1n) is 6.40. The molecule has 0 N–H and O–H groups in total. The van der Waals surface area contributed by atoms with Gasteiger partial charge in [-0.15, -0.1) is 11.8 Å². The number of rotatable bonds is 4. The summed E-state index contributed by atoms with van der Waals surface area (Å²) in [6.07, 6.45) is 0. The lowest BCUT2D eigenvalue weighted by Gasteiger charge is -2.27.